The van der Waals surface area contributed by atoms with E-state index in [0.29, 0.717) is 6.04 Å². The zero-order valence-electron chi connectivity index (χ0n) is 10.8. The summed E-state index contributed by atoms with van der Waals surface area (Å²) >= 11 is 0. The number of nitrogens with one attached hydrogen (secondary N) is 1. The van der Waals surface area contributed by atoms with E-state index in [9.17, 15) is 4.21 Å². The molecule has 1 aromatic carbocycles. The molecule has 0 bridgehead atoms. The highest BCUT2D eigenvalue weighted by Crippen LogP contribution is 2.38. The Morgan fingerprint density at radius 1 is 1.44 bits per heavy atom. The van der Waals surface area contributed by atoms with Gasteiger partial charge in [-0.2, -0.15) is 0 Å². The number of methoxy groups -OCH3 is 1. The fraction of sp³-hybridized carbons (Fsp3) is 0.571. The van der Waals surface area contributed by atoms with Gasteiger partial charge in [-0.25, -0.2) is 0 Å². The second-order valence-corrected chi connectivity index (χ2v) is 7.00. The quantitative estimate of drug-likeness (QED) is 0.841. The molecule has 18 heavy (non-hydrogen) atoms. The third-order valence-electron chi connectivity index (χ3n) is 4.03. The number of hydrogen-bond donors (Lipinski definition) is 1. The summed E-state index contributed by atoms with van der Waals surface area (Å²) in [7, 11) is 0.968. The Balaban J connectivity index is 2.00. The summed E-state index contributed by atoms with van der Waals surface area (Å²) in [5.41, 5.74) is 2.60. The Morgan fingerprint density at radius 2 is 2.28 bits per heavy atom. The van der Waals surface area contributed by atoms with Crippen LogP contribution in [-0.4, -0.2) is 28.4 Å². The van der Waals surface area contributed by atoms with E-state index in [1.807, 2.05) is 6.07 Å². The Bertz CT molecular complexity index is 489. The number of rotatable bonds is 1. The van der Waals surface area contributed by atoms with Crippen molar-refractivity contribution >= 4 is 10.8 Å². The topological polar surface area (TPSA) is 38.3 Å². The first-order valence-corrected chi connectivity index (χ1v) is 7.87. The van der Waals surface area contributed by atoms with Crippen LogP contribution in [0.5, 0.6) is 5.75 Å². The molecule has 1 heterocycles. The van der Waals surface area contributed by atoms with Crippen LogP contribution < -0.4 is 10.1 Å². The van der Waals surface area contributed by atoms with Crippen molar-refractivity contribution in [1.82, 2.24) is 5.32 Å². The Hall–Kier alpha value is -0.870. The van der Waals surface area contributed by atoms with Gasteiger partial charge in [0.25, 0.3) is 0 Å². The number of fused-ring (bicyclic) bond motifs is 3. The van der Waals surface area contributed by atoms with Crippen LogP contribution in [0.15, 0.2) is 18.2 Å². The monoisotopic (exact) mass is 265 g/mol. The Labute approximate surface area is 110 Å². The summed E-state index contributed by atoms with van der Waals surface area (Å²) in [5.74, 6) is 1.71. The predicted octanol–water partition coefficient (Wildman–Crippen LogP) is 1.79. The maximum absolute atomic E-state index is 12.3. The molecule has 1 N–H and O–H groups in total. The van der Waals surface area contributed by atoms with E-state index in [0.717, 1.165) is 24.3 Å². The van der Waals surface area contributed by atoms with Crippen molar-refractivity contribution in [2.24, 2.45) is 0 Å². The molecular weight excluding hydrogens is 246 g/mol. The van der Waals surface area contributed by atoms with Gasteiger partial charge >= 0.3 is 0 Å². The van der Waals surface area contributed by atoms with Crippen LogP contribution in [-0.2, 0) is 17.2 Å². The minimum Gasteiger partial charge on any atom is -0.497 e. The summed E-state index contributed by atoms with van der Waals surface area (Å²) < 4.78 is 17.6. The van der Waals surface area contributed by atoms with Crippen LogP contribution >= 0.6 is 0 Å². The van der Waals surface area contributed by atoms with Crippen molar-refractivity contribution in [3.63, 3.8) is 0 Å². The van der Waals surface area contributed by atoms with Crippen molar-refractivity contribution in [1.29, 1.82) is 0 Å². The number of hydrogen-bond acceptors (Lipinski definition) is 3. The molecular formula is C14H19NO2S. The molecule has 1 aliphatic carbocycles. The molecule has 0 saturated carbocycles. The van der Waals surface area contributed by atoms with Crippen LogP contribution in [0, 0.1) is 0 Å². The summed E-state index contributed by atoms with van der Waals surface area (Å²) in [4.78, 5) is 0. The molecule has 2 aliphatic rings. The van der Waals surface area contributed by atoms with Crippen LogP contribution in [0.4, 0.5) is 0 Å². The zero-order chi connectivity index (χ0) is 12.7. The van der Waals surface area contributed by atoms with E-state index in [4.69, 9.17) is 4.74 Å². The molecule has 4 unspecified atom stereocenters. The molecule has 1 fully saturated rings. The summed E-state index contributed by atoms with van der Waals surface area (Å²) in [6.45, 7) is 2.18. The number of ether oxygens (including phenoxy) is 1. The smallest absolute Gasteiger partial charge is 0.119 e. The van der Waals surface area contributed by atoms with E-state index >= 15 is 0 Å². The van der Waals surface area contributed by atoms with E-state index < -0.39 is 10.8 Å². The SMILES string of the molecule is COc1ccc2c(c1)C1NC(C)CCS(=O)C1C2. The molecule has 3 rings (SSSR count). The molecule has 0 radical (unpaired) electrons. The van der Waals surface area contributed by atoms with Crippen LogP contribution in [0.2, 0.25) is 0 Å². The first-order valence-electron chi connectivity index (χ1n) is 6.49. The normalized spacial score (nSPS) is 34.6. The first-order chi connectivity index (χ1) is 8.69. The van der Waals surface area contributed by atoms with Gasteiger partial charge in [-0.15, -0.1) is 0 Å². The van der Waals surface area contributed by atoms with Crippen molar-refractivity contribution < 1.29 is 8.95 Å². The molecule has 3 nitrogen and oxygen atoms in total. The summed E-state index contributed by atoms with van der Waals surface area (Å²) in [5, 5.41) is 3.86. The van der Waals surface area contributed by atoms with E-state index in [2.05, 4.69) is 24.4 Å². The predicted molar refractivity (Wildman–Crippen MR) is 73.5 cm³/mol. The van der Waals surface area contributed by atoms with Crippen molar-refractivity contribution in [3.05, 3.63) is 29.3 Å². The van der Waals surface area contributed by atoms with Gasteiger partial charge in [0.2, 0.25) is 0 Å². The van der Waals surface area contributed by atoms with E-state index in [-0.39, 0.29) is 11.3 Å². The van der Waals surface area contributed by atoms with Gasteiger partial charge in [0.15, 0.2) is 0 Å². The molecule has 0 spiro atoms. The fourth-order valence-corrected chi connectivity index (χ4v) is 4.77. The average molecular weight is 265 g/mol. The van der Waals surface area contributed by atoms with E-state index in [1.165, 1.54) is 11.1 Å². The van der Waals surface area contributed by atoms with Gasteiger partial charge < -0.3 is 10.1 Å². The fourth-order valence-electron chi connectivity index (χ4n) is 2.99. The first kappa shape index (κ1) is 12.2. The lowest BCUT2D eigenvalue weighted by Crippen LogP contribution is -2.33. The minimum atomic E-state index is -0.722. The lowest BCUT2D eigenvalue weighted by Gasteiger charge is -2.20. The molecule has 0 aromatic heterocycles. The molecule has 1 aliphatic heterocycles. The van der Waals surface area contributed by atoms with Gasteiger partial charge in [0.1, 0.15) is 5.75 Å². The van der Waals surface area contributed by atoms with Gasteiger partial charge in [-0.1, -0.05) is 6.07 Å². The minimum absolute atomic E-state index is 0.230. The standard InChI is InChI=1S/C14H19NO2S/c1-9-5-6-18(16)13-7-10-3-4-11(17-2)8-12(10)14(13)15-9/h3-4,8-9,13-15H,5-7H2,1-2H3. The highest BCUT2D eigenvalue weighted by Gasteiger charge is 2.38. The van der Waals surface area contributed by atoms with Gasteiger partial charge in [0.05, 0.1) is 12.4 Å². The highest BCUT2D eigenvalue weighted by atomic mass is 32.2. The molecule has 0 amide bonds. The second kappa shape index (κ2) is 4.67. The lowest BCUT2D eigenvalue weighted by atomic mass is 10.1. The van der Waals surface area contributed by atoms with Crippen molar-refractivity contribution in [2.45, 2.75) is 37.1 Å². The molecule has 98 valence electrons. The molecule has 4 heteroatoms. The zero-order valence-corrected chi connectivity index (χ0v) is 11.6. The van der Waals surface area contributed by atoms with Gasteiger partial charge in [-0.05, 0) is 43.0 Å². The number of benzene rings is 1. The third-order valence-corrected chi connectivity index (χ3v) is 5.79. The molecule has 4 atom stereocenters. The van der Waals surface area contributed by atoms with Gasteiger partial charge in [0, 0.05) is 28.6 Å². The van der Waals surface area contributed by atoms with E-state index in [1.54, 1.807) is 7.11 Å². The third kappa shape index (κ3) is 1.97. The van der Waals surface area contributed by atoms with Crippen LogP contribution in [0.3, 0.4) is 0 Å². The maximum Gasteiger partial charge on any atom is 0.119 e. The lowest BCUT2D eigenvalue weighted by molar-refractivity contribution is 0.412. The van der Waals surface area contributed by atoms with Crippen LogP contribution in [0.1, 0.15) is 30.5 Å². The summed E-state index contributed by atoms with van der Waals surface area (Å²) in [6.07, 6.45) is 1.93. The van der Waals surface area contributed by atoms with Crippen molar-refractivity contribution in [2.75, 3.05) is 12.9 Å². The second-order valence-electron chi connectivity index (χ2n) is 5.23. The average Bonchev–Trinajstić information content (AvgIpc) is 2.67. The maximum atomic E-state index is 12.3. The highest BCUT2D eigenvalue weighted by molar-refractivity contribution is 7.85. The molecule has 1 saturated heterocycles. The summed E-state index contributed by atoms with van der Waals surface area (Å²) in [6, 6.07) is 6.87. The van der Waals surface area contributed by atoms with Gasteiger partial charge in [-0.3, -0.25) is 4.21 Å². The Kier molecular flexibility index (Phi) is 3.16. The Morgan fingerprint density at radius 3 is 3.06 bits per heavy atom. The van der Waals surface area contributed by atoms with Crippen molar-refractivity contribution in [3.8, 4) is 5.75 Å². The largest absolute Gasteiger partial charge is 0.497 e. The molecule has 1 aromatic rings. The van der Waals surface area contributed by atoms with Crippen LogP contribution in [0.25, 0.3) is 0 Å².